The van der Waals surface area contributed by atoms with E-state index in [2.05, 4.69) is 0 Å². The number of methoxy groups -OCH3 is 1. The molecule has 0 N–H and O–H groups in total. The molecule has 7 nitrogen and oxygen atoms in total. The van der Waals surface area contributed by atoms with Crippen molar-refractivity contribution >= 4 is 46.6 Å². The van der Waals surface area contributed by atoms with Crippen LogP contribution in [0.3, 0.4) is 0 Å². The normalized spacial score (nSPS) is 15.1. The van der Waals surface area contributed by atoms with Crippen molar-refractivity contribution in [2.45, 2.75) is 32.7 Å². The monoisotopic (exact) mass is 596 g/mol. The Morgan fingerprint density at radius 3 is 2.70 bits per heavy atom. The SMILES string of the molecule is CCCC1=C(C(=O)OCC)C(c2cccc(OC)c2)n2c(s/c(=C\c3ccc(-c4cccc(Cl)c4Cl)o3)c2=O)=N1. The Kier molecular flexibility index (Phi) is 8.30. The first kappa shape index (κ1) is 28.0. The van der Waals surface area contributed by atoms with E-state index < -0.39 is 12.0 Å². The number of thiazole rings is 1. The Hall–Kier alpha value is -3.59. The molecule has 3 heterocycles. The lowest BCUT2D eigenvalue weighted by Gasteiger charge is -2.26. The zero-order valence-corrected chi connectivity index (χ0v) is 24.4. The van der Waals surface area contributed by atoms with Gasteiger partial charge in [-0.15, -0.1) is 0 Å². The third kappa shape index (κ3) is 5.27. The summed E-state index contributed by atoms with van der Waals surface area (Å²) in [7, 11) is 1.57. The molecule has 0 bridgehead atoms. The standard InChI is InChI=1S/C30H26Cl2N2O5S/c1-4-8-22-25(29(36)38-5-2)27(17-9-6-10-18(15-17)37-3)34-28(35)24(40-30(34)33-22)16-19-13-14-23(39-19)20-11-7-12-21(31)26(20)32/h6-7,9-16,27H,4-5,8H2,1-3H3/b24-16-. The first-order valence-corrected chi connectivity index (χ1v) is 14.3. The fraction of sp³-hybridized carbons (Fsp3) is 0.233. The van der Waals surface area contributed by atoms with E-state index in [0.717, 1.165) is 12.0 Å². The van der Waals surface area contributed by atoms with Gasteiger partial charge in [0.05, 0.1) is 45.6 Å². The van der Waals surface area contributed by atoms with Crippen LogP contribution >= 0.6 is 34.5 Å². The second-order valence-electron chi connectivity index (χ2n) is 8.99. The number of halogens is 2. The Bertz CT molecular complexity index is 1800. The van der Waals surface area contributed by atoms with Gasteiger partial charge < -0.3 is 13.9 Å². The number of ether oxygens (including phenoxy) is 2. The van der Waals surface area contributed by atoms with E-state index in [4.69, 9.17) is 42.1 Å². The van der Waals surface area contributed by atoms with Crippen LogP contribution in [0.1, 0.15) is 44.1 Å². The maximum absolute atomic E-state index is 13.9. The molecule has 0 spiro atoms. The predicted molar refractivity (Wildman–Crippen MR) is 157 cm³/mol. The van der Waals surface area contributed by atoms with Gasteiger partial charge in [0.15, 0.2) is 4.80 Å². The highest BCUT2D eigenvalue weighted by molar-refractivity contribution is 7.07. The van der Waals surface area contributed by atoms with Gasteiger partial charge in [0, 0.05) is 11.6 Å². The molecule has 0 saturated carbocycles. The van der Waals surface area contributed by atoms with Gasteiger partial charge in [0.25, 0.3) is 5.56 Å². The molecule has 0 radical (unpaired) electrons. The van der Waals surface area contributed by atoms with Gasteiger partial charge in [0.2, 0.25) is 0 Å². The summed E-state index contributed by atoms with van der Waals surface area (Å²) in [6, 6.07) is 15.4. The predicted octanol–water partition coefficient (Wildman–Crippen LogP) is 6.15. The molecule has 0 aliphatic carbocycles. The van der Waals surface area contributed by atoms with Crippen molar-refractivity contribution in [1.29, 1.82) is 0 Å². The molecule has 1 atom stereocenters. The molecule has 1 unspecified atom stereocenters. The second-order valence-corrected chi connectivity index (χ2v) is 10.8. The van der Waals surface area contributed by atoms with E-state index in [1.165, 1.54) is 11.3 Å². The Morgan fingerprint density at radius 1 is 1.15 bits per heavy atom. The fourth-order valence-electron chi connectivity index (χ4n) is 4.65. The molecule has 2 aromatic carbocycles. The highest BCUT2D eigenvalue weighted by atomic mass is 35.5. The molecular weight excluding hydrogens is 571 g/mol. The minimum Gasteiger partial charge on any atom is -0.497 e. The molecule has 2 aromatic heterocycles. The molecule has 5 rings (SSSR count). The van der Waals surface area contributed by atoms with E-state index >= 15 is 0 Å². The number of carbonyl (C=O) groups is 1. The fourth-order valence-corrected chi connectivity index (χ4v) is 6.04. The molecule has 206 valence electrons. The Labute approximate surface area is 244 Å². The highest BCUT2D eigenvalue weighted by Crippen LogP contribution is 2.35. The number of fused-ring (bicyclic) bond motifs is 1. The number of esters is 1. The number of aromatic nitrogens is 1. The van der Waals surface area contributed by atoms with Gasteiger partial charge >= 0.3 is 5.97 Å². The number of carbonyl (C=O) groups excluding carboxylic acids is 1. The summed E-state index contributed by atoms with van der Waals surface area (Å²) in [5.41, 5.74) is 2.03. The molecule has 1 aliphatic rings. The van der Waals surface area contributed by atoms with E-state index in [1.54, 1.807) is 48.9 Å². The summed E-state index contributed by atoms with van der Waals surface area (Å²) in [6.45, 7) is 3.97. The molecule has 1 aliphatic heterocycles. The average Bonchev–Trinajstić information content (AvgIpc) is 3.54. The first-order chi connectivity index (χ1) is 19.4. The average molecular weight is 598 g/mol. The highest BCUT2D eigenvalue weighted by Gasteiger charge is 2.34. The van der Waals surface area contributed by atoms with E-state index in [-0.39, 0.29) is 12.2 Å². The molecule has 40 heavy (non-hydrogen) atoms. The van der Waals surface area contributed by atoms with Crippen LogP contribution in [0.5, 0.6) is 5.75 Å². The molecule has 0 saturated heterocycles. The van der Waals surface area contributed by atoms with Crippen LogP contribution in [0.15, 0.2) is 80.1 Å². The lowest BCUT2D eigenvalue weighted by Crippen LogP contribution is -2.40. The van der Waals surface area contributed by atoms with Crippen molar-refractivity contribution < 1.29 is 18.7 Å². The molecule has 0 fully saturated rings. The number of allylic oxidation sites excluding steroid dienone is 1. The van der Waals surface area contributed by atoms with E-state index in [1.807, 2.05) is 37.3 Å². The topological polar surface area (TPSA) is 83.0 Å². The number of rotatable bonds is 8. The molecule has 10 heteroatoms. The quantitative estimate of drug-likeness (QED) is 0.228. The number of benzene rings is 2. The summed E-state index contributed by atoms with van der Waals surface area (Å²) in [5.74, 6) is 1.11. The van der Waals surface area contributed by atoms with Crippen molar-refractivity contribution in [2.24, 2.45) is 4.99 Å². The number of nitrogens with zero attached hydrogens (tertiary/aromatic N) is 2. The minimum atomic E-state index is -0.730. The zero-order valence-electron chi connectivity index (χ0n) is 22.1. The zero-order chi connectivity index (χ0) is 28.4. The van der Waals surface area contributed by atoms with Gasteiger partial charge in [-0.3, -0.25) is 9.36 Å². The van der Waals surface area contributed by atoms with Crippen LogP contribution in [0.4, 0.5) is 0 Å². The van der Waals surface area contributed by atoms with Gasteiger partial charge in [-0.25, -0.2) is 9.79 Å². The van der Waals surface area contributed by atoms with Crippen molar-refractivity contribution in [3.63, 3.8) is 0 Å². The number of hydrogen-bond donors (Lipinski definition) is 0. The number of hydrogen-bond acceptors (Lipinski definition) is 7. The van der Waals surface area contributed by atoms with Gasteiger partial charge in [-0.2, -0.15) is 0 Å². The van der Waals surface area contributed by atoms with Gasteiger partial charge in [-0.1, -0.05) is 66.1 Å². The minimum absolute atomic E-state index is 0.203. The van der Waals surface area contributed by atoms with Crippen molar-refractivity contribution in [3.8, 4) is 17.1 Å². The van der Waals surface area contributed by atoms with Gasteiger partial charge in [0.1, 0.15) is 17.3 Å². The third-order valence-electron chi connectivity index (χ3n) is 6.42. The Morgan fingerprint density at radius 2 is 1.95 bits per heavy atom. The van der Waals surface area contributed by atoms with Crippen molar-refractivity contribution in [3.05, 3.63) is 107 Å². The summed E-state index contributed by atoms with van der Waals surface area (Å²) < 4.78 is 18.9. The maximum atomic E-state index is 13.9. The number of furan rings is 1. The summed E-state index contributed by atoms with van der Waals surface area (Å²) in [5, 5.41) is 0.806. The summed E-state index contributed by atoms with van der Waals surface area (Å²) in [6.07, 6.45) is 2.99. The van der Waals surface area contributed by atoms with Crippen LogP contribution < -0.4 is 19.6 Å². The van der Waals surface area contributed by atoms with E-state index in [0.29, 0.717) is 59.9 Å². The third-order valence-corrected chi connectivity index (χ3v) is 8.22. The van der Waals surface area contributed by atoms with Crippen LogP contribution in [0.25, 0.3) is 17.4 Å². The summed E-state index contributed by atoms with van der Waals surface area (Å²) in [4.78, 5) is 32.5. The van der Waals surface area contributed by atoms with Crippen LogP contribution in [-0.2, 0) is 9.53 Å². The second kappa shape index (κ2) is 11.9. The Balaban J connectivity index is 1.68. The van der Waals surface area contributed by atoms with Crippen LogP contribution in [0.2, 0.25) is 10.0 Å². The molecular formula is C30H26Cl2N2O5S. The largest absolute Gasteiger partial charge is 0.497 e. The van der Waals surface area contributed by atoms with Crippen LogP contribution in [-0.4, -0.2) is 24.3 Å². The summed E-state index contributed by atoms with van der Waals surface area (Å²) >= 11 is 13.8. The lowest BCUT2D eigenvalue weighted by atomic mass is 9.94. The van der Waals surface area contributed by atoms with E-state index in [9.17, 15) is 9.59 Å². The smallest absolute Gasteiger partial charge is 0.338 e. The van der Waals surface area contributed by atoms with Crippen molar-refractivity contribution in [1.82, 2.24) is 4.57 Å². The molecule has 4 aromatic rings. The molecule has 0 amide bonds. The first-order valence-electron chi connectivity index (χ1n) is 12.8. The lowest BCUT2D eigenvalue weighted by molar-refractivity contribution is -0.139. The maximum Gasteiger partial charge on any atom is 0.338 e. The van der Waals surface area contributed by atoms with Crippen LogP contribution in [0, 0.1) is 0 Å². The van der Waals surface area contributed by atoms with Gasteiger partial charge in [-0.05, 0) is 55.3 Å². The van der Waals surface area contributed by atoms with Crippen molar-refractivity contribution in [2.75, 3.05) is 13.7 Å².